The Labute approximate surface area is 88.9 Å². The first-order valence-electron chi connectivity index (χ1n) is 4.78. The molecule has 0 radical (unpaired) electrons. The maximum absolute atomic E-state index is 6.12. The Kier molecular flexibility index (Phi) is 2.42. The summed E-state index contributed by atoms with van der Waals surface area (Å²) in [6.07, 6.45) is 2.04. The highest BCUT2D eigenvalue weighted by Gasteiger charge is 2.13. The minimum Gasteiger partial charge on any atom is -0.196 e. The number of pyridine rings is 1. The van der Waals surface area contributed by atoms with Gasteiger partial charge in [0.05, 0.1) is 10.4 Å². The van der Waals surface area contributed by atoms with Crippen molar-refractivity contribution in [1.29, 1.82) is 0 Å². The van der Waals surface area contributed by atoms with E-state index in [9.17, 15) is 0 Å². The number of benzene rings is 1. The van der Waals surface area contributed by atoms with Gasteiger partial charge in [-0.15, -0.1) is 0 Å². The summed E-state index contributed by atoms with van der Waals surface area (Å²) in [5.74, 6) is 0. The van der Waals surface area contributed by atoms with E-state index in [0.717, 1.165) is 10.4 Å². The zero-order valence-corrected chi connectivity index (χ0v) is 9.12. The minimum atomic E-state index is 0.456. The van der Waals surface area contributed by atoms with Crippen LogP contribution in [0.2, 0.25) is 5.02 Å². The van der Waals surface area contributed by atoms with E-state index in [0.29, 0.717) is 6.04 Å². The zero-order chi connectivity index (χ0) is 10.1. The van der Waals surface area contributed by atoms with Gasteiger partial charge in [0.25, 0.3) is 0 Å². The molecule has 0 saturated heterocycles. The Morgan fingerprint density at radius 2 is 1.86 bits per heavy atom. The topological polar surface area (TPSA) is 3.88 Å². The van der Waals surface area contributed by atoms with Crippen LogP contribution in [0, 0.1) is 0 Å². The first-order chi connectivity index (χ1) is 6.70. The van der Waals surface area contributed by atoms with Crippen molar-refractivity contribution in [2.45, 2.75) is 19.9 Å². The summed E-state index contributed by atoms with van der Waals surface area (Å²) in [4.78, 5) is 0. The fourth-order valence-electron chi connectivity index (χ4n) is 1.67. The van der Waals surface area contributed by atoms with Crippen molar-refractivity contribution in [3.05, 3.63) is 41.6 Å². The number of fused-ring (bicyclic) bond motifs is 1. The van der Waals surface area contributed by atoms with Crippen LogP contribution in [0.5, 0.6) is 0 Å². The van der Waals surface area contributed by atoms with Crippen molar-refractivity contribution in [1.82, 2.24) is 0 Å². The molecular weight excluding hydrogens is 194 g/mol. The van der Waals surface area contributed by atoms with Gasteiger partial charge in [-0.05, 0) is 19.9 Å². The first-order valence-corrected chi connectivity index (χ1v) is 5.16. The second-order valence-corrected chi connectivity index (χ2v) is 4.09. The maximum atomic E-state index is 6.12. The number of halogens is 1. The third kappa shape index (κ3) is 1.48. The molecule has 0 bridgehead atoms. The fraction of sp³-hybridized carbons (Fsp3) is 0.250. The van der Waals surface area contributed by atoms with E-state index in [2.05, 4.69) is 30.5 Å². The fourth-order valence-corrected chi connectivity index (χ4v) is 1.88. The van der Waals surface area contributed by atoms with Gasteiger partial charge in [-0.2, -0.15) is 4.57 Å². The molecule has 14 heavy (non-hydrogen) atoms. The van der Waals surface area contributed by atoms with Crippen LogP contribution in [0.1, 0.15) is 19.9 Å². The summed E-state index contributed by atoms with van der Waals surface area (Å²) in [7, 11) is 0. The Morgan fingerprint density at radius 1 is 1.14 bits per heavy atom. The van der Waals surface area contributed by atoms with E-state index in [1.54, 1.807) is 0 Å². The lowest BCUT2D eigenvalue weighted by Crippen LogP contribution is -2.36. The lowest BCUT2D eigenvalue weighted by atomic mass is 10.2. The van der Waals surface area contributed by atoms with Crippen LogP contribution in [0.25, 0.3) is 10.9 Å². The molecule has 0 atom stereocenters. The molecular formula is C12H13ClN+. The van der Waals surface area contributed by atoms with E-state index in [4.69, 9.17) is 11.6 Å². The summed E-state index contributed by atoms with van der Waals surface area (Å²) in [5.41, 5.74) is 1.19. The summed E-state index contributed by atoms with van der Waals surface area (Å²) in [6, 6.07) is 10.6. The molecule has 0 N–H and O–H groups in total. The molecule has 2 aromatic rings. The van der Waals surface area contributed by atoms with E-state index in [1.165, 1.54) is 5.52 Å². The van der Waals surface area contributed by atoms with Crippen molar-refractivity contribution in [2.75, 3.05) is 0 Å². The van der Waals surface area contributed by atoms with Crippen molar-refractivity contribution >= 4 is 22.5 Å². The normalized spacial score (nSPS) is 11.1. The van der Waals surface area contributed by atoms with Crippen LogP contribution < -0.4 is 4.57 Å². The predicted octanol–water partition coefficient (Wildman–Crippen LogP) is 3.36. The van der Waals surface area contributed by atoms with Crippen LogP contribution in [0.4, 0.5) is 0 Å². The Hall–Kier alpha value is -1.08. The predicted molar refractivity (Wildman–Crippen MR) is 59.5 cm³/mol. The van der Waals surface area contributed by atoms with Gasteiger partial charge >= 0.3 is 0 Å². The van der Waals surface area contributed by atoms with Gasteiger partial charge in [0, 0.05) is 12.1 Å². The molecule has 0 fully saturated rings. The molecule has 1 heterocycles. The average molecular weight is 207 g/mol. The summed E-state index contributed by atoms with van der Waals surface area (Å²) in [5, 5.41) is 1.93. The molecule has 1 nitrogen and oxygen atoms in total. The van der Waals surface area contributed by atoms with E-state index in [-0.39, 0.29) is 0 Å². The molecule has 0 amide bonds. The highest BCUT2D eigenvalue weighted by molar-refractivity contribution is 6.35. The van der Waals surface area contributed by atoms with Crippen molar-refractivity contribution in [3.8, 4) is 0 Å². The highest BCUT2D eigenvalue weighted by Crippen LogP contribution is 2.20. The van der Waals surface area contributed by atoms with Crippen molar-refractivity contribution < 1.29 is 4.57 Å². The zero-order valence-electron chi connectivity index (χ0n) is 8.37. The maximum Gasteiger partial charge on any atom is 0.214 e. The minimum absolute atomic E-state index is 0.456. The summed E-state index contributed by atoms with van der Waals surface area (Å²) < 4.78 is 2.22. The van der Waals surface area contributed by atoms with Crippen molar-refractivity contribution in [3.63, 3.8) is 0 Å². The number of para-hydroxylation sites is 1. The first kappa shape index (κ1) is 9.47. The second-order valence-electron chi connectivity index (χ2n) is 3.68. The van der Waals surface area contributed by atoms with Gasteiger partial charge in [0.2, 0.25) is 5.52 Å². The number of aromatic nitrogens is 1. The number of nitrogens with zero attached hydrogens (tertiary/aromatic N) is 1. The van der Waals surface area contributed by atoms with Gasteiger partial charge in [0.15, 0.2) is 12.2 Å². The number of hydrogen-bond donors (Lipinski definition) is 0. The molecule has 0 unspecified atom stereocenters. The molecule has 2 rings (SSSR count). The monoisotopic (exact) mass is 206 g/mol. The SMILES string of the molecule is CC(C)[n+]1ccc(Cl)c2ccccc21. The van der Waals surface area contributed by atoms with Crippen LogP contribution in [0.3, 0.4) is 0 Å². The molecule has 1 aromatic heterocycles. The van der Waals surface area contributed by atoms with Crippen molar-refractivity contribution in [2.24, 2.45) is 0 Å². The molecule has 0 aliphatic rings. The number of hydrogen-bond acceptors (Lipinski definition) is 0. The lowest BCUT2D eigenvalue weighted by molar-refractivity contribution is -0.691. The summed E-state index contributed by atoms with van der Waals surface area (Å²) in [6.45, 7) is 4.33. The smallest absolute Gasteiger partial charge is 0.196 e. The molecule has 0 aliphatic heterocycles. The molecule has 1 aromatic carbocycles. The molecule has 0 saturated carbocycles. The van der Waals surface area contributed by atoms with Gasteiger partial charge in [-0.1, -0.05) is 23.7 Å². The Balaban J connectivity index is 2.82. The molecule has 2 heteroatoms. The lowest BCUT2D eigenvalue weighted by Gasteiger charge is -2.04. The third-order valence-electron chi connectivity index (χ3n) is 2.38. The van der Waals surface area contributed by atoms with Crippen LogP contribution in [-0.4, -0.2) is 0 Å². The van der Waals surface area contributed by atoms with Gasteiger partial charge in [-0.25, -0.2) is 0 Å². The second kappa shape index (κ2) is 3.58. The quantitative estimate of drug-likeness (QED) is 0.630. The largest absolute Gasteiger partial charge is 0.214 e. The van der Waals surface area contributed by atoms with Crippen LogP contribution in [0.15, 0.2) is 36.5 Å². The average Bonchev–Trinajstić information content (AvgIpc) is 2.18. The number of rotatable bonds is 1. The van der Waals surface area contributed by atoms with E-state index >= 15 is 0 Å². The van der Waals surface area contributed by atoms with E-state index in [1.807, 2.05) is 24.4 Å². The summed E-state index contributed by atoms with van der Waals surface area (Å²) >= 11 is 6.12. The standard InChI is InChI=1S/C12H13ClN/c1-9(2)14-8-7-11(13)10-5-3-4-6-12(10)14/h3-9H,1-2H3/q+1. The van der Waals surface area contributed by atoms with Crippen LogP contribution in [-0.2, 0) is 0 Å². The van der Waals surface area contributed by atoms with Crippen LogP contribution >= 0.6 is 11.6 Å². The van der Waals surface area contributed by atoms with Gasteiger partial charge < -0.3 is 0 Å². The van der Waals surface area contributed by atoms with Gasteiger partial charge in [-0.3, -0.25) is 0 Å². The highest BCUT2D eigenvalue weighted by atomic mass is 35.5. The molecule has 0 aliphatic carbocycles. The molecule has 72 valence electrons. The Morgan fingerprint density at radius 3 is 2.57 bits per heavy atom. The molecule has 0 spiro atoms. The Bertz CT molecular complexity index is 463. The third-order valence-corrected chi connectivity index (χ3v) is 2.71. The van der Waals surface area contributed by atoms with E-state index < -0.39 is 0 Å². The van der Waals surface area contributed by atoms with Gasteiger partial charge in [0.1, 0.15) is 0 Å².